The summed E-state index contributed by atoms with van der Waals surface area (Å²) < 4.78 is 6.89. The standard InChI is InChI=1S/C23H26ClNO4/c1-7-10-16-13(4)17(11-18(24)22(16)29-6)21-14(8-2)15(9-3)23(28)25(5)19(21)12-20(26)27/h8-9,11H,2-3,7,10,12H2,1,4-6H3,(H,26,27). The van der Waals surface area contributed by atoms with Gasteiger partial charge >= 0.3 is 5.97 Å². The molecule has 0 unspecified atom stereocenters. The van der Waals surface area contributed by atoms with Gasteiger partial charge in [-0.05, 0) is 41.7 Å². The number of carbonyl (C=O) groups is 1. The molecule has 0 amide bonds. The number of pyridine rings is 1. The molecule has 0 atom stereocenters. The Morgan fingerprint density at radius 3 is 2.41 bits per heavy atom. The molecule has 0 fully saturated rings. The maximum Gasteiger partial charge on any atom is 0.309 e. The van der Waals surface area contributed by atoms with Crippen molar-refractivity contribution in [3.8, 4) is 16.9 Å². The summed E-state index contributed by atoms with van der Waals surface area (Å²) in [6.07, 6.45) is 4.36. The Labute approximate surface area is 175 Å². The smallest absolute Gasteiger partial charge is 0.309 e. The number of benzene rings is 1. The number of hydrogen-bond acceptors (Lipinski definition) is 3. The van der Waals surface area contributed by atoms with Crippen LogP contribution in [0, 0.1) is 6.92 Å². The molecule has 1 aromatic carbocycles. The van der Waals surface area contributed by atoms with Crippen LogP contribution in [0.1, 0.15) is 41.3 Å². The number of carboxylic acids is 1. The van der Waals surface area contributed by atoms with Crippen LogP contribution in [0.4, 0.5) is 0 Å². The van der Waals surface area contributed by atoms with Crippen molar-refractivity contribution in [2.24, 2.45) is 7.05 Å². The fourth-order valence-corrected chi connectivity index (χ4v) is 4.05. The number of rotatable bonds is 8. The molecular formula is C23H26ClNO4. The third kappa shape index (κ3) is 4.01. The van der Waals surface area contributed by atoms with E-state index in [1.807, 2.05) is 6.92 Å². The fraction of sp³-hybridized carbons (Fsp3) is 0.304. The molecule has 1 N–H and O–H groups in total. The van der Waals surface area contributed by atoms with Gasteiger partial charge in [-0.15, -0.1) is 0 Å². The molecule has 0 radical (unpaired) electrons. The number of methoxy groups -OCH3 is 1. The summed E-state index contributed by atoms with van der Waals surface area (Å²) in [4.78, 5) is 24.4. The summed E-state index contributed by atoms with van der Waals surface area (Å²) in [6, 6.07) is 1.76. The van der Waals surface area contributed by atoms with Crippen molar-refractivity contribution in [2.45, 2.75) is 33.1 Å². The number of ether oxygens (including phenoxy) is 1. The van der Waals surface area contributed by atoms with Gasteiger partial charge in [-0.3, -0.25) is 9.59 Å². The lowest BCUT2D eigenvalue weighted by Crippen LogP contribution is -2.26. The SMILES string of the molecule is C=Cc1c(-c2cc(Cl)c(OC)c(CCC)c2C)c(CC(=O)O)n(C)c(=O)c1C=C. The highest BCUT2D eigenvalue weighted by Crippen LogP contribution is 2.41. The van der Waals surface area contributed by atoms with Crippen molar-refractivity contribution in [1.29, 1.82) is 0 Å². The summed E-state index contributed by atoms with van der Waals surface area (Å²) >= 11 is 6.53. The van der Waals surface area contributed by atoms with Crippen molar-refractivity contribution in [2.75, 3.05) is 7.11 Å². The lowest BCUT2D eigenvalue weighted by Gasteiger charge is -2.23. The highest BCUT2D eigenvalue weighted by Gasteiger charge is 2.24. The Morgan fingerprint density at radius 2 is 1.93 bits per heavy atom. The molecule has 2 rings (SSSR count). The van der Waals surface area contributed by atoms with E-state index in [1.165, 1.54) is 10.6 Å². The molecular weight excluding hydrogens is 390 g/mol. The van der Waals surface area contributed by atoms with Gasteiger partial charge in [0.05, 0.1) is 18.6 Å². The third-order valence-electron chi connectivity index (χ3n) is 5.11. The number of nitrogens with zero attached hydrogens (tertiary/aromatic N) is 1. The van der Waals surface area contributed by atoms with Crippen LogP contribution in [0.2, 0.25) is 5.02 Å². The molecule has 154 valence electrons. The topological polar surface area (TPSA) is 68.5 Å². The van der Waals surface area contributed by atoms with Crippen LogP contribution in [-0.2, 0) is 24.7 Å². The van der Waals surface area contributed by atoms with E-state index in [2.05, 4.69) is 20.1 Å². The Morgan fingerprint density at radius 1 is 1.31 bits per heavy atom. The normalized spacial score (nSPS) is 10.7. The van der Waals surface area contributed by atoms with Crippen LogP contribution in [0.5, 0.6) is 5.75 Å². The van der Waals surface area contributed by atoms with Gasteiger partial charge in [-0.2, -0.15) is 0 Å². The summed E-state index contributed by atoms with van der Waals surface area (Å²) in [5.74, 6) is -0.419. The molecule has 1 heterocycles. The second kappa shape index (κ2) is 9.14. The predicted molar refractivity (Wildman–Crippen MR) is 119 cm³/mol. The second-order valence-corrected chi connectivity index (χ2v) is 7.19. The number of aliphatic carboxylic acids is 1. The van der Waals surface area contributed by atoms with E-state index in [1.54, 1.807) is 26.3 Å². The van der Waals surface area contributed by atoms with Crippen molar-refractivity contribution < 1.29 is 14.6 Å². The van der Waals surface area contributed by atoms with Crippen LogP contribution in [0.3, 0.4) is 0 Å². The van der Waals surface area contributed by atoms with Crippen LogP contribution in [-0.4, -0.2) is 22.8 Å². The Kier molecular flexibility index (Phi) is 7.09. The van der Waals surface area contributed by atoms with Gasteiger partial charge in [0.25, 0.3) is 5.56 Å². The van der Waals surface area contributed by atoms with E-state index in [9.17, 15) is 14.7 Å². The first kappa shape index (κ1) is 22.5. The van der Waals surface area contributed by atoms with Gasteiger partial charge in [0.2, 0.25) is 0 Å². The van der Waals surface area contributed by atoms with Crippen molar-refractivity contribution in [3.05, 3.63) is 62.5 Å². The number of halogens is 1. The second-order valence-electron chi connectivity index (χ2n) is 6.78. The molecule has 0 bridgehead atoms. The van der Waals surface area contributed by atoms with Crippen molar-refractivity contribution >= 4 is 29.7 Å². The minimum absolute atomic E-state index is 0.314. The zero-order valence-corrected chi connectivity index (χ0v) is 18.0. The van der Waals surface area contributed by atoms with E-state index in [0.717, 1.165) is 29.5 Å². The molecule has 6 heteroatoms. The van der Waals surface area contributed by atoms with Crippen LogP contribution in [0.25, 0.3) is 23.3 Å². The third-order valence-corrected chi connectivity index (χ3v) is 5.39. The molecule has 2 aromatic rings. The minimum atomic E-state index is -1.03. The Bertz CT molecular complexity index is 1050. The molecule has 1 aromatic heterocycles. The largest absolute Gasteiger partial charge is 0.495 e. The average Bonchev–Trinajstić information content (AvgIpc) is 2.68. The monoisotopic (exact) mass is 415 g/mol. The van der Waals surface area contributed by atoms with E-state index in [0.29, 0.717) is 33.2 Å². The Balaban J connectivity index is 3.10. The van der Waals surface area contributed by atoms with E-state index in [-0.39, 0.29) is 12.0 Å². The number of hydrogen-bond donors (Lipinski definition) is 1. The highest BCUT2D eigenvalue weighted by molar-refractivity contribution is 6.32. The zero-order valence-electron chi connectivity index (χ0n) is 17.3. The average molecular weight is 416 g/mol. The summed E-state index contributed by atoms with van der Waals surface area (Å²) in [5.41, 5.74) is 4.25. The van der Waals surface area contributed by atoms with Gasteiger partial charge in [0, 0.05) is 23.9 Å². The maximum atomic E-state index is 12.8. The molecule has 0 saturated heterocycles. The van der Waals surface area contributed by atoms with E-state index in [4.69, 9.17) is 16.3 Å². The number of carboxylic acid groups (broad SMARTS) is 1. The molecule has 0 saturated carbocycles. The molecule has 0 aliphatic carbocycles. The van der Waals surface area contributed by atoms with E-state index < -0.39 is 5.97 Å². The van der Waals surface area contributed by atoms with Crippen LogP contribution < -0.4 is 10.3 Å². The molecule has 0 spiro atoms. The van der Waals surface area contributed by atoms with Gasteiger partial charge in [0.1, 0.15) is 5.75 Å². The highest BCUT2D eigenvalue weighted by atomic mass is 35.5. The summed E-state index contributed by atoms with van der Waals surface area (Å²) in [7, 11) is 3.14. The molecule has 5 nitrogen and oxygen atoms in total. The van der Waals surface area contributed by atoms with Crippen molar-refractivity contribution in [3.63, 3.8) is 0 Å². The van der Waals surface area contributed by atoms with E-state index >= 15 is 0 Å². The van der Waals surface area contributed by atoms with Gasteiger partial charge in [-0.1, -0.05) is 50.3 Å². The number of aromatic nitrogens is 1. The van der Waals surface area contributed by atoms with Gasteiger partial charge < -0.3 is 14.4 Å². The van der Waals surface area contributed by atoms with Crippen LogP contribution >= 0.6 is 11.6 Å². The Hall–Kier alpha value is -2.79. The predicted octanol–water partition coefficient (Wildman–Crippen LogP) is 4.89. The lowest BCUT2D eigenvalue weighted by molar-refractivity contribution is -0.136. The summed E-state index contributed by atoms with van der Waals surface area (Å²) in [6.45, 7) is 11.6. The maximum absolute atomic E-state index is 12.8. The molecule has 29 heavy (non-hydrogen) atoms. The van der Waals surface area contributed by atoms with Crippen molar-refractivity contribution in [1.82, 2.24) is 4.57 Å². The first-order valence-electron chi connectivity index (χ1n) is 9.32. The van der Waals surface area contributed by atoms with Gasteiger partial charge in [-0.25, -0.2) is 0 Å². The summed E-state index contributed by atoms with van der Waals surface area (Å²) in [5, 5.41) is 9.91. The van der Waals surface area contributed by atoms with Gasteiger partial charge in [0.15, 0.2) is 0 Å². The zero-order chi connectivity index (χ0) is 21.9. The quantitative estimate of drug-likeness (QED) is 0.666. The first-order chi connectivity index (χ1) is 13.7. The minimum Gasteiger partial charge on any atom is -0.495 e. The lowest BCUT2D eigenvalue weighted by atomic mass is 9.87. The molecule has 0 aliphatic rings. The molecule has 0 aliphatic heterocycles. The fourth-order valence-electron chi connectivity index (χ4n) is 3.75. The first-order valence-corrected chi connectivity index (χ1v) is 9.69. The van der Waals surface area contributed by atoms with Crippen LogP contribution in [0.15, 0.2) is 24.0 Å².